The monoisotopic (exact) mass is 424 g/mol. The first-order chi connectivity index (χ1) is 14.9. The first kappa shape index (κ1) is 23.0. The average Bonchev–Trinajstić information content (AvgIpc) is 3.17. The van der Waals surface area contributed by atoms with Gasteiger partial charge in [0.25, 0.3) is 0 Å². The number of carbonyl (C=O) groups is 2. The van der Waals surface area contributed by atoms with Crippen molar-refractivity contribution >= 4 is 11.9 Å². The largest absolute Gasteiger partial charge is 0.461 e. The molecule has 166 valence electrons. The minimum absolute atomic E-state index is 0.0863. The second kappa shape index (κ2) is 11.1. The number of benzene rings is 2. The van der Waals surface area contributed by atoms with Crippen molar-refractivity contribution in [2.45, 2.75) is 64.6 Å². The molecule has 31 heavy (non-hydrogen) atoms. The molecule has 3 N–H and O–H groups in total. The van der Waals surface area contributed by atoms with Crippen LogP contribution < -0.4 is 10.8 Å². The number of hydroxylamine groups is 1. The van der Waals surface area contributed by atoms with E-state index in [-0.39, 0.29) is 24.5 Å². The number of ether oxygens (including phenoxy) is 1. The number of aryl methyl sites for hydroxylation is 1. The Kier molecular flexibility index (Phi) is 8.20. The van der Waals surface area contributed by atoms with Gasteiger partial charge in [-0.25, -0.2) is 5.48 Å². The standard InChI is InChI=1S/C25H32N2O4/c1-17(2)13-23(25(29)31-22-14-20-5-3-4-6-21(20)15-22)26-16-19-9-7-18(8-10-19)11-12-24(28)27-30/h3-10,17,22-23,26,30H,11-16H2,1-2H3,(H,27,28)/t23-/m0/s1. The Labute approximate surface area is 184 Å². The smallest absolute Gasteiger partial charge is 0.323 e. The highest BCUT2D eigenvalue weighted by atomic mass is 16.5. The molecule has 0 saturated heterocycles. The van der Waals surface area contributed by atoms with Crippen LogP contribution in [0.15, 0.2) is 48.5 Å². The molecule has 1 aliphatic rings. The van der Waals surface area contributed by atoms with Gasteiger partial charge in [0, 0.05) is 25.8 Å². The summed E-state index contributed by atoms with van der Waals surface area (Å²) in [5.74, 6) is -0.213. The van der Waals surface area contributed by atoms with E-state index in [0.717, 1.165) is 24.0 Å². The maximum atomic E-state index is 12.9. The van der Waals surface area contributed by atoms with Crippen LogP contribution in [0.2, 0.25) is 0 Å². The highest BCUT2D eigenvalue weighted by molar-refractivity contribution is 5.76. The van der Waals surface area contributed by atoms with Crippen molar-refractivity contribution < 1.29 is 19.5 Å². The Hall–Kier alpha value is -2.70. The van der Waals surface area contributed by atoms with Gasteiger partial charge in [-0.3, -0.25) is 14.8 Å². The number of fused-ring (bicyclic) bond motifs is 1. The predicted octanol–water partition coefficient (Wildman–Crippen LogP) is 3.34. The first-order valence-electron chi connectivity index (χ1n) is 11.0. The minimum Gasteiger partial charge on any atom is -0.461 e. The molecule has 0 radical (unpaired) electrons. The van der Waals surface area contributed by atoms with Crippen LogP contribution >= 0.6 is 0 Å². The van der Waals surface area contributed by atoms with Crippen LogP contribution in [-0.4, -0.2) is 29.2 Å². The van der Waals surface area contributed by atoms with E-state index in [9.17, 15) is 9.59 Å². The van der Waals surface area contributed by atoms with Crippen molar-refractivity contribution in [3.8, 4) is 0 Å². The summed E-state index contributed by atoms with van der Waals surface area (Å²) in [7, 11) is 0. The molecular formula is C25H32N2O4. The molecule has 6 nitrogen and oxygen atoms in total. The van der Waals surface area contributed by atoms with Crippen LogP contribution in [0.1, 0.15) is 48.9 Å². The molecule has 1 amide bonds. The Bertz CT molecular complexity index is 854. The summed E-state index contributed by atoms with van der Waals surface area (Å²) >= 11 is 0. The molecule has 2 aromatic carbocycles. The average molecular weight is 425 g/mol. The lowest BCUT2D eigenvalue weighted by Crippen LogP contribution is -2.40. The van der Waals surface area contributed by atoms with Gasteiger partial charge in [0.05, 0.1) is 0 Å². The molecule has 1 aliphatic carbocycles. The van der Waals surface area contributed by atoms with Crippen LogP contribution in [0.3, 0.4) is 0 Å². The fourth-order valence-electron chi connectivity index (χ4n) is 3.96. The zero-order valence-electron chi connectivity index (χ0n) is 18.3. The molecule has 0 unspecified atom stereocenters. The number of hydrogen-bond acceptors (Lipinski definition) is 5. The van der Waals surface area contributed by atoms with E-state index < -0.39 is 5.91 Å². The second-order valence-corrected chi connectivity index (χ2v) is 8.65. The fourth-order valence-corrected chi connectivity index (χ4v) is 3.96. The van der Waals surface area contributed by atoms with E-state index >= 15 is 0 Å². The number of esters is 1. The third kappa shape index (κ3) is 6.91. The van der Waals surface area contributed by atoms with Crippen LogP contribution in [0, 0.1) is 5.92 Å². The summed E-state index contributed by atoms with van der Waals surface area (Å²) in [5.41, 5.74) is 6.26. The van der Waals surface area contributed by atoms with E-state index in [0.29, 0.717) is 25.3 Å². The van der Waals surface area contributed by atoms with E-state index in [2.05, 4.69) is 31.3 Å². The fraction of sp³-hybridized carbons (Fsp3) is 0.440. The van der Waals surface area contributed by atoms with Gasteiger partial charge in [0.15, 0.2) is 0 Å². The third-order valence-corrected chi connectivity index (χ3v) is 5.63. The Morgan fingerprint density at radius 2 is 1.65 bits per heavy atom. The number of rotatable bonds is 10. The molecule has 3 rings (SSSR count). The van der Waals surface area contributed by atoms with Crippen molar-refractivity contribution in [1.29, 1.82) is 0 Å². The lowest BCUT2D eigenvalue weighted by molar-refractivity contribution is -0.151. The third-order valence-electron chi connectivity index (χ3n) is 5.63. The molecule has 0 aromatic heterocycles. The summed E-state index contributed by atoms with van der Waals surface area (Å²) < 4.78 is 5.87. The molecule has 0 heterocycles. The highest BCUT2D eigenvalue weighted by Crippen LogP contribution is 2.24. The molecule has 0 fully saturated rings. The van der Waals surface area contributed by atoms with Gasteiger partial charge in [0.1, 0.15) is 12.1 Å². The van der Waals surface area contributed by atoms with Gasteiger partial charge in [-0.05, 0) is 41.0 Å². The van der Waals surface area contributed by atoms with Crippen LogP contribution in [0.5, 0.6) is 0 Å². The number of hydrogen-bond donors (Lipinski definition) is 3. The molecule has 1 atom stereocenters. The zero-order valence-corrected chi connectivity index (χ0v) is 18.3. The molecule has 2 aromatic rings. The lowest BCUT2D eigenvalue weighted by atomic mass is 10.0. The Morgan fingerprint density at radius 1 is 1.03 bits per heavy atom. The predicted molar refractivity (Wildman–Crippen MR) is 119 cm³/mol. The van der Waals surface area contributed by atoms with Crippen molar-refractivity contribution in [2.75, 3.05) is 0 Å². The van der Waals surface area contributed by atoms with Gasteiger partial charge >= 0.3 is 5.97 Å². The van der Waals surface area contributed by atoms with Crippen LogP contribution in [-0.2, 0) is 40.1 Å². The van der Waals surface area contributed by atoms with E-state index in [1.165, 1.54) is 11.1 Å². The minimum atomic E-state index is -0.397. The van der Waals surface area contributed by atoms with E-state index in [1.54, 1.807) is 5.48 Å². The van der Waals surface area contributed by atoms with Crippen molar-refractivity contribution in [1.82, 2.24) is 10.8 Å². The molecule has 0 aliphatic heterocycles. The molecule has 0 bridgehead atoms. The summed E-state index contributed by atoms with van der Waals surface area (Å²) in [5, 5.41) is 11.9. The number of carbonyl (C=O) groups excluding carboxylic acids is 2. The molecule has 6 heteroatoms. The highest BCUT2D eigenvalue weighted by Gasteiger charge is 2.28. The summed E-state index contributed by atoms with van der Waals surface area (Å²) in [4.78, 5) is 24.1. The Balaban J connectivity index is 1.52. The van der Waals surface area contributed by atoms with Gasteiger partial charge in [-0.15, -0.1) is 0 Å². The molecule has 0 spiro atoms. The van der Waals surface area contributed by atoms with Gasteiger partial charge in [0.2, 0.25) is 5.91 Å². The molecule has 0 saturated carbocycles. The SMILES string of the molecule is CC(C)C[C@H](NCc1ccc(CCC(=O)NO)cc1)C(=O)OC1Cc2ccccc2C1. The van der Waals surface area contributed by atoms with Gasteiger partial charge in [-0.2, -0.15) is 0 Å². The van der Waals surface area contributed by atoms with Gasteiger partial charge < -0.3 is 10.1 Å². The maximum Gasteiger partial charge on any atom is 0.323 e. The first-order valence-corrected chi connectivity index (χ1v) is 11.0. The van der Waals surface area contributed by atoms with Crippen molar-refractivity contribution in [3.63, 3.8) is 0 Å². The summed E-state index contributed by atoms with van der Waals surface area (Å²) in [6, 6.07) is 15.8. The normalized spacial score (nSPS) is 14.3. The number of amides is 1. The van der Waals surface area contributed by atoms with Crippen molar-refractivity contribution in [3.05, 3.63) is 70.8 Å². The number of nitrogens with one attached hydrogen (secondary N) is 2. The summed E-state index contributed by atoms with van der Waals surface area (Å²) in [6.07, 6.45) is 3.00. The molecular weight excluding hydrogens is 392 g/mol. The maximum absolute atomic E-state index is 12.9. The van der Waals surface area contributed by atoms with E-state index in [1.807, 2.05) is 36.4 Å². The Morgan fingerprint density at radius 3 is 2.23 bits per heavy atom. The van der Waals surface area contributed by atoms with E-state index in [4.69, 9.17) is 9.94 Å². The zero-order chi connectivity index (χ0) is 22.2. The summed E-state index contributed by atoms with van der Waals surface area (Å²) in [6.45, 7) is 4.77. The van der Waals surface area contributed by atoms with Crippen LogP contribution in [0.4, 0.5) is 0 Å². The second-order valence-electron chi connectivity index (χ2n) is 8.65. The quantitative estimate of drug-likeness (QED) is 0.309. The van der Waals surface area contributed by atoms with Crippen molar-refractivity contribution in [2.24, 2.45) is 5.92 Å². The lowest BCUT2D eigenvalue weighted by Gasteiger charge is -2.22. The topological polar surface area (TPSA) is 87.7 Å². The van der Waals surface area contributed by atoms with Gasteiger partial charge in [-0.1, -0.05) is 62.4 Å². The van der Waals surface area contributed by atoms with Crippen LogP contribution in [0.25, 0.3) is 0 Å².